The van der Waals surface area contributed by atoms with E-state index in [1.54, 1.807) is 0 Å². The first-order valence-electron chi connectivity index (χ1n) is 21.0. The molecule has 9 aromatic carbocycles. The van der Waals surface area contributed by atoms with Crippen LogP contribution in [0.25, 0.3) is 22.0 Å². The molecule has 0 bridgehead atoms. The zero-order valence-corrected chi connectivity index (χ0v) is 33.9. The molecule has 11 rings (SSSR count). The number of pyridine rings is 1. The van der Waals surface area contributed by atoms with E-state index in [1.807, 2.05) is 6.20 Å². The van der Waals surface area contributed by atoms with Gasteiger partial charge in [0.15, 0.2) is 0 Å². The third kappa shape index (κ3) is 6.68. The van der Waals surface area contributed by atoms with Crippen LogP contribution >= 0.6 is 0 Å². The van der Waals surface area contributed by atoms with Crippen LogP contribution in [0.1, 0.15) is 0 Å². The molecule has 0 amide bonds. The summed E-state index contributed by atoms with van der Waals surface area (Å²) in [6, 6.07) is 86.3. The summed E-state index contributed by atoms with van der Waals surface area (Å²) in [4.78, 5) is 14.4. The van der Waals surface area contributed by atoms with Crippen molar-refractivity contribution in [2.24, 2.45) is 0 Å². The Morgan fingerprint density at radius 2 is 0.726 bits per heavy atom. The van der Waals surface area contributed by atoms with Gasteiger partial charge in [-0.05, 0) is 115 Å². The maximum Gasteiger partial charge on any atom is 0.0781 e. The van der Waals surface area contributed by atoms with Crippen LogP contribution in [0.4, 0.5) is 68.2 Å². The van der Waals surface area contributed by atoms with Crippen LogP contribution in [0.3, 0.4) is 0 Å². The van der Waals surface area contributed by atoms with Crippen molar-refractivity contribution < 1.29 is 0 Å². The second-order valence-corrected chi connectivity index (χ2v) is 15.3. The molecule has 62 heavy (non-hydrogen) atoms. The van der Waals surface area contributed by atoms with Crippen LogP contribution in [0.2, 0.25) is 0 Å². The molecule has 10 aromatic rings. The predicted octanol–water partition coefficient (Wildman–Crippen LogP) is 16.1. The third-order valence-electron chi connectivity index (χ3n) is 11.5. The quantitative estimate of drug-likeness (QED) is 0.145. The predicted molar refractivity (Wildman–Crippen MR) is 259 cm³/mol. The SMILES string of the molecule is c1ccc(N(c2ccccc2)c2cc(N(c3ccccc3)c3ccccc3)cc(N3c4ccccc4N(c4cccc(-c5nccc6ccccc56)c4)c4ccccc43)c2)cc1. The van der Waals surface area contributed by atoms with E-state index in [2.05, 4.69) is 262 Å². The molecule has 1 aliphatic rings. The van der Waals surface area contributed by atoms with Gasteiger partial charge >= 0.3 is 0 Å². The van der Waals surface area contributed by atoms with E-state index in [1.165, 1.54) is 5.39 Å². The Labute approximate surface area is 362 Å². The van der Waals surface area contributed by atoms with Crippen molar-refractivity contribution in [2.75, 3.05) is 19.6 Å². The highest BCUT2D eigenvalue weighted by atomic mass is 15.3. The first-order valence-corrected chi connectivity index (χ1v) is 21.0. The molecule has 0 fully saturated rings. The minimum Gasteiger partial charge on any atom is -0.310 e. The maximum atomic E-state index is 4.90. The van der Waals surface area contributed by atoms with Gasteiger partial charge in [-0.25, -0.2) is 0 Å². The van der Waals surface area contributed by atoms with Crippen molar-refractivity contribution in [2.45, 2.75) is 0 Å². The summed E-state index contributed by atoms with van der Waals surface area (Å²) < 4.78 is 0. The highest BCUT2D eigenvalue weighted by Crippen LogP contribution is 2.56. The van der Waals surface area contributed by atoms with Gasteiger partial charge in [-0.15, -0.1) is 0 Å². The van der Waals surface area contributed by atoms with E-state index in [9.17, 15) is 0 Å². The molecule has 5 heteroatoms. The van der Waals surface area contributed by atoms with Crippen LogP contribution in [0, 0.1) is 0 Å². The van der Waals surface area contributed by atoms with Gasteiger partial charge in [-0.3, -0.25) is 4.98 Å². The molecule has 0 unspecified atom stereocenters. The molecule has 0 N–H and O–H groups in total. The minimum absolute atomic E-state index is 0.970. The third-order valence-corrected chi connectivity index (χ3v) is 11.5. The lowest BCUT2D eigenvalue weighted by atomic mass is 10.0. The number of para-hydroxylation sites is 8. The number of anilines is 12. The molecule has 0 radical (unpaired) electrons. The molecule has 1 aromatic heterocycles. The lowest BCUT2D eigenvalue weighted by Gasteiger charge is -2.41. The van der Waals surface area contributed by atoms with E-state index in [0.29, 0.717) is 0 Å². The fourth-order valence-corrected chi connectivity index (χ4v) is 8.81. The van der Waals surface area contributed by atoms with E-state index < -0.39 is 0 Å². The van der Waals surface area contributed by atoms with E-state index in [-0.39, 0.29) is 0 Å². The van der Waals surface area contributed by atoms with Crippen LogP contribution in [0.15, 0.2) is 249 Å². The number of nitrogens with zero attached hydrogens (tertiary/aromatic N) is 5. The van der Waals surface area contributed by atoms with Crippen molar-refractivity contribution in [3.05, 3.63) is 249 Å². The highest BCUT2D eigenvalue weighted by Gasteiger charge is 2.32. The first-order chi connectivity index (χ1) is 30.8. The Bertz CT molecular complexity index is 2920. The molecular weight excluding hydrogens is 755 g/mol. The monoisotopic (exact) mass is 795 g/mol. The number of hydrogen-bond acceptors (Lipinski definition) is 5. The normalized spacial score (nSPS) is 11.8. The average Bonchev–Trinajstić information content (AvgIpc) is 3.34. The summed E-state index contributed by atoms with van der Waals surface area (Å²) in [7, 11) is 0. The molecule has 0 atom stereocenters. The Morgan fingerprint density at radius 3 is 1.21 bits per heavy atom. The smallest absolute Gasteiger partial charge is 0.0781 e. The van der Waals surface area contributed by atoms with Crippen LogP contribution < -0.4 is 19.6 Å². The molecule has 0 aliphatic carbocycles. The molecular formula is C57H41N5. The lowest BCUT2D eigenvalue weighted by molar-refractivity contribution is 1.16. The number of aromatic nitrogens is 1. The van der Waals surface area contributed by atoms with E-state index in [4.69, 9.17) is 4.98 Å². The summed E-state index contributed by atoms with van der Waals surface area (Å²) in [5.74, 6) is 0. The van der Waals surface area contributed by atoms with Crippen molar-refractivity contribution in [1.29, 1.82) is 0 Å². The summed E-state index contributed by atoms with van der Waals surface area (Å²) >= 11 is 0. The van der Waals surface area contributed by atoms with Crippen molar-refractivity contribution in [3.63, 3.8) is 0 Å². The molecule has 1 aliphatic heterocycles. The topological polar surface area (TPSA) is 25.9 Å². The average molecular weight is 796 g/mol. The lowest BCUT2D eigenvalue weighted by Crippen LogP contribution is -2.24. The van der Waals surface area contributed by atoms with Crippen molar-refractivity contribution in [1.82, 2.24) is 4.98 Å². The van der Waals surface area contributed by atoms with Crippen LogP contribution in [0.5, 0.6) is 0 Å². The summed E-state index contributed by atoms with van der Waals surface area (Å²) in [5, 5.41) is 2.30. The first kappa shape index (κ1) is 36.7. The highest BCUT2D eigenvalue weighted by molar-refractivity contribution is 6.03. The summed E-state index contributed by atoms with van der Waals surface area (Å²) in [5.41, 5.74) is 14.7. The summed E-state index contributed by atoms with van der Waals surface area (Å²) in [6.45, 7) is 0. The Balaban J connectivity index is 1.13. The largest absolute Gasteiger partial charge is 0.310 e. The van der Waals surface area contributed by atoms with Gasteiger partial charge in [0.05, 0.1) is 45.5 Å². The fraction of sp³-hybridized carbons (Fsp3) is 0. The van der Waals surface area contributed by atoms with Crippen molar-refractivity contribution >= 4 is 79.0 Å². The number of hydrogen-bond donors (Lipinski definition) is 0. The standard InChI is InChI=1S/C57H41N5/c1-5-22-44(23-6-1)59(45-24-7-2-8-25-45)49-39-50(60(46-26-9-3-10-27-46)47-28-11-4-12-29-47)41-51(40-49)62-55-34-17-15-32-53(55)61(54-33-16-18-35-56(54)62)48-30-19-21-43(38-48)57-52-31-14-13-20-42(52)36-37-58-57/h1-41H. The van der Waals surface area contributed by atoms with Crippen LogP contribution in [-0.2, 0) is 0 Å². The molecule has 2 heterocycles. The summed E-state index contributed by atoms with van der Waals surface area (Å²) in [6.07, 6.45) is 1.91. The maximum absolute atomic E-state index is 4.90. The number of benzene rings is 9. The molecule has 0 saturated carbocycles. The van der Waals surface area contributed by atoms with Gasteiger partial charge in [0.2, 0.25) is 0 Å². The molecule has 0 saturated heterocycles. The zero-order chi connectivity index (χ0) is 41.2. The fourth-order valence-electron chi connectivity index (χ4n) is 8.81. The van der Waals surface area contributed by atoms with Gasteiger partial charge < -0.3 is 19.6 Å². The second kappa shape index (κ2) is 16.0. The van der Waals surface area contributed by atoms with Gasteiger partial charge in [0.25, 0.3) is 0 Å². The number of fused-ring (bicyclic) bond motifs is 3. The molecule has 294 valence electrons. The Hall–Kier alpha value is -8.41. The van der Waals surface area contributed by atoms with Gasteiger partial charge in [-0.2, -0.15) is 0 Å². The van der Waals surface area contributed by atoms with Gasteiger partial charge in [0.1, 0.15) is 0 Å². The van der Waals surface area contributed by atoms with Gasteiger partial charge in [0, 0.05) is 45.6 Å². The van der Waals surface area contributed by atoms with E-state index >= 15 is 0 Å². The molecule has 0 spiro atoms. The second-order valence-electron chi connectivity index (χ2n) is 15.3. The van der Waals surface area contributed by atoms with Gasteiger partial charge in [-0.1, -0.05) is 133 Å². The van der Waals surface area contributed by atoms with Crippen LogP contribution in [-0.4, -0.2) is 4.98 Å². The van der Waals surface area contributed by atoms with Crippen molar-refractivity contribution in [3.8, 4) is 11.3 Å². The Kier molecular flexibility index (Phi) is 9.45. The molecule has 5 nitrogen and oxygen atoms in total. The zero-order valence-electron chi connectivity index (χ0n) is 33.9. The Morgan fingerprint density at radius 1 is 0.306 bits per heavy atom. The number of rotatable bonds is 9. The van der Waals surface area contributed by atoms with E-state index in [0.717, 1.165) is 84.9 Å². The minimum atomic E-state index is 0.970.